The van der Waals surface area contributed by atoms with Crippen molar-refractivity contribution < 1.29 is 8.42 Å². The maximum atomic E-state index is 11.7. The van der Waals surface area contributed by atoms with E-state index in [0.717, 1.165) is 36.5 Å². The normalized spacial score (nSPS) is 17.9. The number of pyridine rings is 1. The molecular weight excluding hydrogens is 420 g/mol. The molecule has 0 radical (unpaired) electrons. The zero-order valence-corrected chi connectivity index (χ0v) is 18.8. The number of rotatable bonds is 4. The molecule has 1 aliphatic carbocycles. The smallest absolute Gasteiger partial charge is 0.229 e. The molecule has 3 aromatic rings. The molecule has 6 nitrogen and oxygen atoms in total. The van der Waals surface area contributed by atoms with Crippen molar-refractivity contribution in [2.24, 2.45) is 0 Å². The summed E-state index contributed by atoms with van der Waals surface area (Å²) in [7, 11) is -3.33. The first-order valence-electron chi connectivity index (χ1n) is 10.8. The first-order valence-corrected chi connectivity index (χ1v) is 12.7. The van der Waals surface area contributed by atoms with Crippen molar-refractivity contribution in [3.05, 3.63) is 88.7 Å². The van der Waals surface area contributed by atoms with Crippen LogP contribution in [-0.4, -0.2) is 39.3 Å². The van der Waals surface area contributed by atoms with Gasteiger partial charge in [-0.05, 0) is 41.0 Å². The van der Waals surface area contributed by atoms with Gasteiger partial charge in [-0.2, -0.15) is 0 Å². The number of fused-ring (bicyclic) bond motifs is 2. The minimum Gasteiger partial charge on any atom is -0.368 e. The highest BCUT2D eigenvalue weighted by molar-refractivity contribution is 7.92. The second-order valence-electron chi connectivity index (χ2n) is 8.36. The highest BCUT2D eigenvalue weighted by atomic mass is 32.2. The van der Waals surface area contributed by atoms with E-state index in [0.29, 0.717) is 12.1 Å². The summed E-state index contributed by atoms with van der Waals surface area (Å²) in [4.78, 5) is 7.07. The molecule has 0 amide bonds. The molecule has 5 rings (SSSR count). The van der Waals surface area contributed by atoms with E-state index in [4.69, 9.17) is 0 Å². The Bertz CT molecular complexity index is 1270. The number of sulfonamides is 1. The summed E-state index contributed by atoms with van der Waals surface area (Å²) in [5.41, 5.74) is 7.36. The van der Waals surface area contributed by atoms with Crippen LogP contribution in [0, 0.1) is 0 Å². The lowest BCUT2D eigenvalue weighted by atomic mass is 9.98. The van der Waals surface area contributed by atoms with Crippen LogP contribution in [0.25, 0.3) is 12.2 Å². The SMILES string of the molecule is CS(=O)(=O)Nc1ccc2c(c1)Cc1c(N3CCNC(c4ccccc4)C3)ccnc1C=C2. The Morgan fingerprint density at radius 3 is 2.75 bits per heavy atom. The molecule has 0 spiro atoms. The number of aromatic nitrogens is 1. The fourth-order valence-electron chi connectivity index (χ4n) is 4.55. The van der Waals surface area contributed by atoms with Gasteiger partial charge in [0.2, 0.25) is 10.0 Å². The molecular formula is C25H26N4O2S. The largest absolute Gasteiger partial charge is 0.368 e. The molecule has 2 aliphatic rings. The van der Waals surface area contributed by atoms with Crippen LogP contribution in [0.3, 0.4) is 0 Å². The number of hydrogen-bond donors (Lipinski definition) is 2. The predicted octanol–water partition coefficient (Wildman–Crippen LogP) is 3.68. The summed E-state index contributed by atoms with van der Waals surface area (Å²) in [5.74, 6) is 0. The van der Waals surface area contributed by atoms with Crippen LogP contribution in [0.4, 0.5) is 11.4 Å². The average Bonchev–Trinajstić information content (AvgIpc) is 2.97. The number of nitrogens with zero attached hydrogens (tertiary/aromatic N) is 2. The average molecular weight is 447 g/mol. The summed E-state index contributed by atoms with van der Waals surface area (Å²) in [6, 6.07) is 18.6. The second-order valence-corrected chi connectivity index (χ2v) is 10.1. The Labute approximate surface area is 189 Å². The molecule has 2 aromatic carbocycles. The topological polar surface area (TPSA) is 74.3 Å². The summed E-state index contributed by atoms with van der Waals surface area (Å²) >= 11 is 0. The van der Waals surface area contributed by atoms with Gasteiger partial charge in [0, 0.05) is 55.2 Å². The van der Waals surface area contributed by atoms with Crippen molar-refractivity contribution in [3.63, 3.8) is 0 Å². The van der Waals surface area contributed by atoms with Crippen LogP contribution in [0.15, 0.2) is 60.8 Å². The Morgan fingerprint density at radius 1 is 1.09 bits per heavy atom. The lowest BCUT2D eigenvalue weighted by molar-refractivity contribution is 0.471. The molecule has 0 saturated carbocycles. The molecule has 1 aromatic heterocycles. The van der Waals surface area contributed by atoms with Crippen molar-refractivity contribution in [1.29, 1.82) is 0 Å². The Morgan fingerprint density at radius 2 is 1.94 bits per heavy atom. The summed E-state index contributed by atoms with van der Waals surface area (Å²) in [6.07, 6.45) is 7.87. The van der Waals surface area contributed by atoms with Gasteiger partial charge in [0.25, 0.3) is 0 Å². The molecule has 0 bridgehead atoms. The van der Waals surface area contributed by atoms with E-state index < -0.39 is 10.0 Å². The summed E-state index contributed by atoms with van der Waals surface area (Å²) < 4.78 is 26.0. The van der Waals surface area contributed by atoms with Gasteiger partial charge >= 0.3 is 0 Å². The van der Waals surface area contributed by atoms with E-state index in [9.17, 15) is 8.42 Å². The minimum atomic E-state index is -3.33. The van der Waals surface area contributed by atoms with Crippen molar-refractivity contribution in [1.82, 2.24) is 10.3 Å². The van der Waals surface area contributed by atoms with Gasteiger partial charge < -0.3 is 10.2 Å². The van der Waals surface area contributed by atoms with Crippen molar-refractivity contribution >= 4 is 33.6 Å². The van der Waals surface area contributed by atoms with Crippen LogP contribution in [0.5, 0.6) is 0 Å². The quantitative estimate of drug-likeness (QED) is 0.500. The standard InChI is InChI=1S/C25H26N4O2S/c1-32(30,31)28-21-9-7-18-8-10-23-22(16-20(18)15-21)25(11-12-26-23)29-14-13-27-24(17-29)19-5-3-2-4-6-19/h2-12,15,24,27-28H,13-14,16-17H2,1H3. The summed E-state index contributed by atoms with van der Waals surface area (Å²) in [6.45, 7) is 2.71. The molecule has 2 N–H and O–H groups in total. The molecule has 2 heterocycles. The van der Waals surface area contributed by atoms with E-state index in [1.165, 1.54) is 23.1 Å². The minimum absolute atomic E-state index is 0.271. The van der Waals surface area contributed by atoms with Gasteiger partial charge in [-0.15, -0.1) is 0 Å². The van der Waals surface area contributed by atoms with Gasteiger partial charge in [-0.1, -0.05) is 42.5 Å². The Kier molecular flexibility index (Phi) is 5.45. The molecule has 7 heteroatoms. The van der Waals surface area contributed by atoms with Gasteiger partial charge in [0.15, 0.2) is 0 Å². The lowest BCUT2D eigenvalue weighted by Crippen LogP contribution is -2.46. The van der Waals surface area contributed by atoms with Crippen LogP contribution in [0.1, 0.15) is 34.0 Å². The molecule has 1 atom stereocenters. The number of hydrogen-bond acceptors (Lipinski definition) is 5. The van der Waals surface area contributed by atoms with Crippen molar-refractivity contribution in [3.8, 4) is 0 Å². The molecule has 32 heavy (non-hydrogen) atoms. The first-order chi connectivity index (χ1) is 15.5. The van der Waals surface area contributed by atoms with Gasteiger partial charge in [0.05, 0.1) is 11.9 Å². The molecule has 1 unspecified atom stereocenters. The second kappa shape index (κ2) is 8.41. The predicted molar refractivity (Wildman–Crippen MR) is 130 cm³/mol. The van der Waals surface area contributed by atoms with E-state index in [-0.39, 0.29) is 6.04 Å². The zero-order valence-electron chi connectivity index (χ0n) is 18.0. The highest BCUT2D eigenvalue weighted by Crippen LogP contribution is 2.33. The molecule has 1 saturated heterocycles. The van der Waals surface area contributed by atoms with E-state index >= 15 is 0 Å². The van der Waals surface area contributed by atoms with Crippen LogP contribution < -0.4 is 14.9 Å². The monoisotopic (exact) mass is 446 g/mol. The van der Waals surface area contributed by atoms with Crippen LogP contribution >= 0.6 is 0 Å². The third kappa shape index (κ3) is 4.40. The zero-order chi connectivity index (χ0) is 22.1. The fraction of sp³-hybridized carbons (Fsp3) is 0.240. The van der Waals surface area contributed by atoms with Gasteiger partial charge in [-0.3, -0.25) is 9.71 Å². The molecule has 1 aliphatic heterocycles. The maximum Gasteiger partial charge on any atom is 0.229 e. The third-order valence-corrected chi connectivity index (χ3v) is 6.62. The first kappa shape index (κ1) is 20.7. The number of benzene rings is 2. The Balaban J connectivity index is 1.48. The van der Waals surface area contributed by atoms with Crippen LogP contribution in [0.2, 0.25) is 0 Å². The van der Waals surface area contributed by atoms with Crippen LogP contribution in [-0.2, 0) is 16.4 Å². The van der Waals surface area contributed by atoms with Gasteiger partial charge in [-0.25, -0.2) is 8.42 Å². The highest BCUT2D eigenvalue weighted by Gasteiger charge is 2.24. The van der Waals surface area contributed by atoms with E-state index in [1.54, 1.807) is 6.07 Å². The van der Waals surface area contributed by atoms with E-state index in [2.05, 4.69) is 62.4 Å². The third-order valence-electron chi connectivity index (χ3n) is 6.02. The van der Waals surface area contributed by atoms with Gasteiger partial charge in [0.1, 0.15) is 0 Å². The maximum absolute atomic E-state index is 11.7. The molecule has 164 valence electrons. The number of anilines is 2. The molecule has 1 fully saturated rings. The van der Waals surface area contributed by atoms with E-state index in [1.807, 2.05) is 24.4 Å². The Hall–Kier alpha value is -3.16. The lowest BCUT2D eigenvalue weighted by Gasteiger charge is -2.36. The van der Waals surface area contributed by atoms with Crippen molar-refractivity contribution in [2.45, 2.75) is 12.5 Å². The number of piperazine rings is 1. The number of nitrogens with one attached hydrogen (secondary N) is 2. The fourth-order valence-corrected chi connectivity index (χ4v) is 5.11. The van der Waals surface area contributed by atoms with Crippen molar-refractivity contribution in [2.75, 3.05) is 35.5 Å². The summed E-state index contributed by atoms with van der Waals surface area (Å²) in [5, 5.41) is 3.64.